The molecule has 0 aliphatic rings. The number of likely N-dealkylation sites (N-methyl/N-ethyl adjacent to an activating group) is 1. The van der Waals surface area contributed by atoms with E-state index in [1.54, 1.807) is 14.0 Å². The third-order valence-electron chi connectivity index (χ3n) is 4.06. The van der Waals surface area contributed by atoms with Gasteiger partial charge < -0.3 is 9.64 Å². The highest BCUT2D eigenvalue weighted by Crippen LogP contribution is 2.12. The minimum absolute atomic E-state index is 0.0814. The Labute approximate surface area is 165 Å². The van der Waals surface area contributed by atoms with E-state index in [1.807, 2.05) is 11.9 Å². The van der Waals surface area contributed by atoms with E-state index < -0.39 is 5.92 Å². The fourth-order valence-electron chi connectivity index (χ4n) is 2.46. The molecule has 1 aromatic heterocycles. The van der Waals surface area contributed by atoms with Gasteiger partial charge in [0.2, 0.25) is 24.2 Å². The number of amides is 2. The molecule has 11 heteroatoms. The van der Waals surface area contributed by atoms with Crippen molar-refractivity contribution in [3.8, 4) is 0 Å². The molecule has 0 saturated carbocycles. The highest BCUT2D eigenvalue weighted by Gasteiger charge is 2.21. The lowest BCUT2D eigenvalue weighted by atomic mass is 10.0. The summed E-state index contributed by atoms with van der Waals surface area (Å²) in [6, 6.07) is 0. The average Bonchev–Trinajstić information content (AvgIpc) is 2.68. The highest BCUT2D eigenvalue weighted by molar-refractivity contribution is 5.80. The lowest BCUT2D eigenvalue weighted by Gasteiger charge is -2.20. The van der Waals surface area contributed by atoms with Crippen molar-refractivity contribution in [3.63, 3.8) is 0 Å². The topological polar surface area (TPSA) is 133 Å². The van der Waals surface area contributed by atoms with Gasteiger partial charge in [-0.15, -0.1) is 0 Å². The molecule has 1 heterocycles. The highest BCUT2D eigenvalue weighted by atomic mass is 16.5. The standard InChI is InChI=1S/C17H31N7O4/c1-5-6-7-8-14(11-24(27)12-25)15(26)21-22-16-18-13(2)19-17(20-16)23(3)9-10-28-4/h12,14,27H,5-11H2,1-4H3,(H,21,26)(H,18,19,20,22). The van der Waals surface area contributed by atoms with Crippen LogP contribution in [0.25, 0.3) is 0 Å². The molecule has 2 amide bonds. The Bertz CT molecular complexity index is 617. The molecule has 0 aliphatic heterocycles. The van der Waals surface area contributed by atoms with E-state index in [-0.39, 0.29) is 24.8 Å². The molecule has 0 spiro atoms. The summed E-state index contributed by atoms with van der Waals surface area (Å²) in [5, 5.41) is 9.92. The van der Waals surface area contributed by atoms with Crippen molar-refractivity contribution < 1.29 is 19.5 Å². The number of nitrogens with one attached hydrogen (secondary N) is 2. The number of nitrogens with zero attached hydrogens (tertiary/aromatic N) is 5. The number of aryl methyl sites for hydroxylation is 1. The SMILES string of the molecule is CCCCCC(CN(O)C=O)C(=O)NNc1nc(C)nc(N(C)CCOC)n1. The molecule has 0 saturated heterocycles. The van der Waals surface area contributed by atoms with E-state index in [9.17, 15) is 14.8 Å². The smallest absolute Gasteiger partial charge is 0.246 e. The van der Waals surface area contributed by atoms with Crippen molar-refractivity contribution >= 4 is 24.2 Å². The molecule has 28 heavy (non-hydrogen) atoms. The Kier molecular flexibility index (Phi) is 10.7. The van der Waals surface area contributed by atoms with Crippen molar-refractivity contribution in [2.45, 2.75) is 39.5 Å². The normalized spacial score (nSPS) is 11.6. The molecule has 0 radical (unpaired) electrons. The number of anilines is 2. The molecule has 1 aromatic rings. The first kappa shape index (κ1) is 23.5. The number of carbonyl (C=O) groups excluding carboxylic acids is 2. The van der Waals surface area contributed by atoms with Gasteiger partial charge in [-0.25, -0.2) is 5.06 Å². The Balaban J connectivity index is 2.73. The average molecular weight is 397 g/mol. The molecule has 0 aromatic carbocycles. The summed E-state index contributed by atoms with van der Waals surface area (Å²) in [5.74, 6) is 0.227. The number of hydrogen-bond donors (Lipinski definition) is 3. The van der Waals surface area contributed by atoms with Crippen LogP contribution in [0.15, 0.2) is 0 Å². The number of aromatic nitrogens is 3. The first-order valence-electron chi connectivity index (χ1n) is 9.30. The predicted molar refractivity (Wildman–Crippen MR) is 104 cm³/mol. The summed E-state index contributed by atoms with van der Waals surface area (Å²) in [6.07, 6.45) is 3.62. The lowest BCUT2D eigenvalue weighted by molar-refractivity contribution is -0.154. The molecule has 1 unspecified atom stereocenters. The van der Waals surface area contributed by atoms with Crippen LogP contribution in [0.4, 0.5) is 11.9 Å². The van der Waals surface area contributed by atoms with Crippen molar-refractivity contribution in [3.05, 3.63) is 5.82 Å². The summed E-state index contributed by atoms with van der Waals surface area (Å²) < 4.78 is 5.05. The van der Waals surface area contributed by atoms with Crippen LogP contribution in [-0.2, 0) is 14.3 Å². The van der Waals surface area contributed by atoms with Gasteiger partial charge in [-0.05, 0) is 13.3 Å². The maximum Gasteiger partial charge on any atom is 0.246 e. The van der Waals surface area contributed by atoms with Gasteiger partial charge in [0.25, 0.3) is 0 Å². The van der Waals surface area contributed by atoms with Gasteiger partial charge >= 0.3 is 0 Å². The van der Waals surface area contributed by atoms with E-state index in [4.69, 9.17) is 4.74 Å². The lowest BCUT2D eigenvalue weighted by Crippen LogP contribution is -2.40. The van der Waals surface area contributed by atoms with Crippen molar-refractivity contribution in [2.24, 2.45) is 5.92 Å². The maximum atomic E-state index is 12.5. The molecule has 0 fully saturated rings. The molecular formula is C17H31N7O4. The van der Waals surface area contributed by atoms with Crippen LogP contribution >= 0.6 is 0 Å². The first-order chi connectivity index (χ1) is 13.4. The fraction of sp³-hybridized carbons (Fsp3) is 0.706. The van der Waals surface area contributed by atoms with Gasteiger partial charge in [0.1, 0.15) is 5.82 Å². The fourth-order valence-corrected chi connectivity index (χ4v) is 2.46. The van der Waals surface area contributed by atoms with E-state index in [1.165, 1.54) is 0 Å². The summed E-state index contributed by atoms with van der Waals surface area (Å²) in [5.41, 5.74) is 5.24. The summed E-state index contributed by atoms with van der Waals surface area (Å²) in [7, 11) is 3.44. The molecular weight excluding hydrogens is 366 g/mol. The van der Waals surface area contributed by atoms with E-state index in [0.717, 1.165) is 19.3 Å². The maximum absolute atomic E-state index is 12.5. The molecule has 0 aliphatic carbocycles. The van der Waals surface area contributed by atoms with Crippen LogP contribution in [0.2, 0.25) is 0 Å². The number of hydrazine groups is 1. The summed E-state index contributed by atoms with van der Waals surface area (Å²) >= 11 is 0. The van der Waals surface area contributed by atoms with Crippen molar-refractivity contribution in [1.82, 2.24) is 25.4 Å². The van der Waals surface area contributed by atoms with Crippen LogP contribution in [0.1, 0.15) is 38.4 Å². The molecule has 1 rings (SSSR count). The van der Waals surface area contributed by atoms with Gasteiger partial charge in [-0.2, -0.15) is 15.0 Å². The monoisotopic (exact) mass is 397 g/mol. The number of rotatable bonds is 14. The van der Waals surface area contributed by atoms with E-state index in [0.29, 0.717) is 36.4 Å². The second-order valence-electron chi connectivity index (χ2n) is 6.45. The zero-order valence-corrected chi connectivity index (χ0v) is 17.0. The number of ether oxygens (including phenoxy) is 1. The molecule has 3 N–H and O–H groups in total. The van der Waals surface area contributed by atoms with Gasteiger partial charge in [0.15, 0.2) is 0 Å². The van der Waals surface area contributed by atoms with Crippen molar-refractivity contribution in [1.29, 1.82) is 0 Å². The van der Waals surface area contributed by atoms with Crippen molar-refractivity contribution in [2.75, 3.05) is 44.2 Å². The Morgan fingerprint density at radius 1 is 1.32 bits per heavy atom. The summed E-state index contributed by atoms with van der Waals surface area (Å²) in [4.78, 5) is 37.7. The molecule has 1 atom stereocenters. The van der Waals surface area contributed by atoms with Crippen LogP contribution in [-0.4, -0.2) is 71.4 Å². The Morgan fingerprint density at radius 2 is 2.07 bits per heavy atom. The minimum Gasteiger partial charge on any atom is -0.383 e. The third-order valence-corrected chi connectivity index (χ3v) is 4.06. The van der Waals surface area contributed by atoms with E-state index >= 15 is 0 Å². The molecule has 0 bridgehead atoms. The number of unbranched alkanes of at least 4 members (excludes halogenated alkanes) is 2. The zero-order valence-electron chi connectivity index (χ0n) is 17.0. The van der Waals surface area contributed by atoms with E-state index in [2.05, 4.69) is 32.7 Å². The second kappa shape index (κ2) is 12.8. The Hall–Kier alpha value is -2.53. The van der Waals surface area contributed by atoms with Crippen LogP contribution in [0, 0.1) is 12.8 Å². The van der Waals surface area contributed by atoms with Crippen LogP contribution in [0.3, 0.4) is 0 Å². The first-order valence-corrected chi connectivity index (χ1v) is 9.30. The quantitative estimate of drug-likeness (QED) is 0.180. The molecule has 11 nitrogen and oxygen atoms in total. The van der Waals surface area contributed by atoms with Crippen LogP contribution < -0.4 is 15.8 Å². The third kappa shape index (κ3) is 8.44. The molecule has 158 valence electrons. The summed E-state index contributed by atoms with van der Waals surface area (Å²) in [6.45, 7) is 4.83. The van der Waals surface area contributed by atoms with Crippen LogP contribution in [0.5, 0.6) is 0 Å². The number of hydroxylamine groups is 2. The minimum atomic E-state index is -0.555. The largest absolute Gasteiger partial charge is 0.383 e. The van der Waals surface area contributed by atoms with Gasteiger partial charge in [-0.1, -0.05) is 26.2 Å². The number of hydrogen-bond acceptors (Lipinski definition) is 9. The number of methoxy groups -OCH3 is 1. The van der Waals surface area contributed by atoms with Gasteiger partial charge in [0, 0.05) is 20.7 Å². The number of carbonyl (C=O) groups is 2. The second-order valence-corrected chi connectivity index (χ2v) is 6.45. The zero-order chi connectivity index (χ0) is 20.9. The van der Waals surface area contributed by atoms with Gasteiger partial charge in [-0.3, -0.25) is 25.6 Å². The Morgan fingerprint density at radius 3 is 2.71 bits per heavy atom. The van der Waals surface area contributed by atoms with Gasteiger partial charge in [0.05, 0.1) is 19.1 Å². The predicted octanol–water partition coefficient (Wildman–Crippen LogP) is 0.750.